The van der Waals surface area contributed by atoms with E-state index in [0.717, 1.165) is 0 Å². The molecule has 0 aliphatic rings. The second-order valence-electron chi connectivity index (χ2n) is 0. The van der Waals surface area contributed by atoms with Crippen molar-refractivity contribution in [1.82, 2.24) is 0 Å². The molecular weight excluding hydrogens is 347 g/mol. The minimum absolute atomic E-state index is 0. The Morgan fingerprint density at radius 3 is 0.273 bits per heavy atom. The minimum atomic E-state index is 0. The summed E-state index contributed by atoms with van der Waals surface area (Å²) in [6.45, 7) is 0. The van der Waals surface area contributed by atoms with Crippen LogP contribution in [0.25, 0.3) is 0 Å². The molecule has 11 heavy (non-hydrogen) atoms. The Bertz CT molecular complexity index is 14.4. The summed E-state index contributed by atoms with van der Waals surface area (Å²) in [5, 5.41) is 0. The van der Waals surface area contributed by atoms with E-state index in [9.17, 15) is 0 Å². The Balaban J connectivity index is 0. The van der Waals surface area contributed by atoms with Crippen LogP contribution in [0.1, 0.15) is 0 Å². The third-order valence-electron chi connectivity index (χ3n) is 0. The maximum absolute atomic E-state index is 0. The molecule has 0 bridgehead atoms. The Kier molecular flexibility index (Phi) is 8870. The van der Waals surface area contributed by atoms with Crippen LogP contribution >= 0.6 is 0 Å². The van der Waals surface area contributed by atoms with E-state index in [1.165, 1.54) is 0 Å². The normalized spacial score (nSPS) is 0. The summed E-state index contributed by atoms with van der Waals surface area (Å²) in [6.07, 6.45) is 0. The van der Waals surface area contributed by atoms with E-state index in [4.69, 9.17) is 0 Å². The zero-order chi connectivity index (χ0) is 0. The van der Waals surface area contributed by atoms with Crippen molar-refractivity contribution in [2.75, 3.05) is 0 Å². The second kappa shape index (κ2) is 276. The van der Waals surface area contributed by atoms with Crippen LogP contribution in [0.15, 0.2) is 0 Å². The molecule has 0 heterocycles. The number of hydrogen-bond donors (Lipinski definition) is 0. The van der Waals surface area contributed by atoms with Crippen LogP contribution in [0.4, 0.5) is 0 Å². The van der Waals surface area contributed by atoms with Crippen LogP contribution < -0.4 is 0 Å². The fourth-order valence-corrected chi connectivity index (χ4v) is 0. The Morgan fingerprint density at radius 2 is 0.273 bits per heavy atom. The van der Waals surface area contributed by atoms with Gasteiger partial charge in [0.15, 0.2) is 0 Å². The molecule has 0 atom stereocenters. The van der Waals surface area contributed by atoms with Crippen molar-refractivity contribution >= 4 is 39.6 Å². The first-order valence-electron chi connectivity index (χ1n) is 0. The summed E-state index contributed by atoms with van der Waals surface area (Å²) in [6, 6.07) is 0. The molecule has 0 N–H and O–H groups in total. The predicted molar refractivity (Wildman–Crippen MR) is 16.3 cm³/mol. The fourth-order valence-electron chi connectivity index (χ4n) is 0. The van der Waals surface area contributed by atoms with Crippen molar-refractivity contribution in [2.24, 2.45) is 0 Å². The molecule has 0 amide bonds. The zero-order valence-corrected chi connectivity index (χ0v) is 13.0. The van der Waals surface area contributed by atoms with E-state index < -0.39 is 0 Å². The molecule has 0 saturated heterocycles. The molecule has 0 aliphatic heterocycles. The van der Waals surface area contributed by atoms with Gasteiger partial charge in [0, 0.05) is 0 Å². The Labute approximate surface area is 120 Å². The van der Waals surface area contributed by atoms with Gasteiger partial charge >= 0.3 is 83.0 Å². The summed E-state index contributed by atoms with van der Waals surface area (Å²) in [7, 11) is 0. The summed E-state index contributed by atoms with van der Waals surface area (Å²) in [5.41, 5.74) is 0. The van der Waals surface area contributed by atoms with E-state index in [-0.39, 0.29) is 121 Å². The zero-order valence-electron chi connectivity index (χ0n) is 5.01. The molecule has 7 nitrogen and oxygen atoms in total. The molecule has 0 fully saturated rings. The van der Waals surface area contributed by atoms with Gasteiger partial charge in [0.2, 0.25) is 0 Å². The summed E-state index contributed by atoms with van der Waals surface area (Å²) >= 11 is 0. The van der Waals surface area contributed by atoms with Gasteiger partial charge in [-0.2, -0.15) is 0 Å². The van der Waals surface area contributed by atoms with Crippen molar-refractivity contribution in [3.05, 3.63) is 0 Å². The van der Waals surface area contributed by atoms with Crippen molar-refractivity contribution in [3.63, 3.8) is 0 Å². The fraction of sp³-hybridized carbons (Fsp3) is 0. The third kappa shape index (κ3) is 230. The molecule has 0 aromatic carbocycles. The summed E-state index contributed by atoms with van der Waals surface area (Å²) in [4.78, 5) is 0. The molecule has 0 aromatic rings. The van der Waals surface area contributed by atoms with Crippen LogP contribution in [-0.4, -0.2) is 39.6 Å². The molecule has 0 spiro atoms. The molecule has 0 aromatic heterocycles. The van der Waals surface area contributed by atoms with Crippen molar-refractivity contribution in [2.45, 2.75) is 0 Å². The third-order valence-corrected chi connectivity index (χ3v) is 0. The Hall–Kier alpha value is 2.42. The van der Waals surface area contributed by atoms with Gasteiger partial charge in [-0.15, -0.1) is 0 Å². The van der Waals surface area contributed by atoms with E-state index in [1.54, 1.807) is 0 Å². The maximum atomic E-state index is 0. The van der Waals surface area contributed by atoms with Gasteiger partial charge < -0.3 is 38.3 Å². The van der Waals surface area contributed by atoms with Gasteiger partial charge in [-0.05, 0) is 0 Å². The van der Waals surface area contributed by atoms with Crippen molar-refractivity contribution in [1.29, 1.82) is 0 Å². The van der Waals surface area contributed by atoms with E-state index in [2.05, 4.69) is 0 Å². The van der Waals surface area contributed by atoms with E-state index in [1.807, 2.05) is 0 Å². The topological polar surface area (TPSA) is 200 Å². The van der Waals surface area contributed by atoms with Crippen LogP contribution in [0.5, 0.6) is 0 Å². The van der Waals surface area contributed by atoms with Crippen molar-refractivity contribution in [3.8, 4) is 0 Å². The average Bonchev–Trinajstić information content (AvgIpc) is 0. The molecule has 11 heteroatoms. The van der Waals surface area contributed by atoms with E-state index >= 15 is 0 Å². The smallest absolute Gasteiger partial charge is 2.00 e. The standard InChI is InChI=1S/2Ga.7O.2Ti/q2*+3;7*-2;2*+4. The van der Waals surface area contributed by atoms with Crippen LogP contribution in [-0.2, 0) is 81.8 Å². The molecule has 0 unspecified atom stereocenters. The summed E-state index contributed by atoms with van der Waals surface area (Å²) in [5.74, 6) is 0. The molecule has 0 radical (unpaired) electrons. The number of hydrogen-bond acceptors (Lipinski definition) is 0. The van der Waals surface area contributed by atoms with Crippen LogP contribution in [0, 0.1) is 0 Å². The van der Waals surface area contributed by atoms with Crippen LogP contribution in [0.2, 0.25) is 0 Å². The van der Waals surface area contributed by atoms with Gasteiger partial charge in [0.25, 0.3) is 0 Å². The van der Waals surface area contributed by atoms with Crippen molar-refractivity contribution < 1.29 is 81.8 Å². The van der Waals surface area contributed by atoms with Gasteiger partial charge in [0.1, 0.15) is 0 Å². The molecule has 0 aliphatic carbocycles. The Morgan fingerprint density at radius 1 is 0.273 bits per heavy atom. The predicted octanol–water partition coefficient (Wildman–Crippen LogP) is -1.60. The van der Waals surface area contributed by atoms with Gasteiger partial charge in [0.05, 0.1) is 0 Å². The van der Waals surface area contributed by atoms with Gasteiger partial charge in [-0.25, -0.2) is 0 Å². The molecule has 0 saturated carbocycles. The van der Waals surface area contributed by atoms with Crippen LogP contribution in [0.3, 0.4) is 0 Å². The molecular formula is Ga2O7Ti2. The average molecular weight is 347 g/mol. The SMILES string of the molecule is [Ga+3].[Ga+3].[O-2].[O-2].[O-2].[O-2].[O-2].[O-2].[O-2].[Ti+4].[Ti+4]. The molecule has 56 valence electrons. The maximum Gasteiger partial charge on any atom is 4.00 e. The minimum Gasteiger partial charge on any atom is -2.00 e. The quantitative estimate of drug-likeness (QED) is 0.455. The summed E-state index contributed by atoms with van der Waals surface area (Å²) < 4.78 is 0. The largest absolute Gasteiger partial charge is 4.00 e. The number of rotatable bonds is 0. The first kappa shape index (κ1) is 353. The second-order valence-corrected chi connectivity index (χ2v) is 0. The first-order valence-corrected chi connectivity index (χ1v) is 0. The first-order chi connectivity index (χ1) is 0. The monoisotopic (exact) mass is 346 g/mol. The van der Waals surface area contributed by atoms with E-state index in [0.29, 0.717) is 0 Å². The van der Waals surface area contributed by atoms with Gasteiger partial charge in [-0.1, -0.05) is 0 Å². The van der Waals surface area contributed by atoms with Gasteiger partial charge in [-0.3, -0.25) is 0 Å². The molecule has 0 rings (SSSR count).